The first-order chi connectivity index (χ1) is 13.9. The summed E-state index contributed by atoms with van der Waals surface area (Å²) in [7, 11) is 4.84. The van der Waals surface area contributed by atoms with Crippen molar-refractivity contribution in [3.63, 3.8) is 0 Å². The maximum Gasteiger partial charge on any atom is 0.203 e. The fraction of sp³-hybridized carbons (Fsp3) is 0.318. The average Bonchev–Trinajstić information content (AvgIpc) is 3.22. The van der Waals surface area contributed by atoms with Crippen LogP contribution < -0.4 is 19.5 Å². The fourth-order valence-electron chi connectivity index (χ4n) is 3.41. The molecule has 0 radical (unpaired) electrons. The van der Waals surface area contributed by atoms with Crippen molar-refractivity contribution < 1.29 is 14.2 Å². The third-order valence-electron chi connectivity index (χ3n) is 4.59. The van der Waals surface area contributed by atoms with Crippen LogP contribution in [-0.2, 0) is 0 Å². The van der Waals surface area contributed by atoms with E-state index in [4.69, 9.17) is 19.2 Å². The minimum Gasteiger partial charge on any atom is -0.493 e. The molecule has 0 saturated carbocycles. The van der Waals surface area contributed by atoms with Gasteiger partial charge in [0.05, 0.1) is 31.5 Å². The maximum absolute atomic E-state index is 5.55. The molecular weight excluding hydrogens is 386 g/mol. The van der Waals surface area contributed by atoms with E-state index < -0.39 is 0 Å². The molecule has 0 aliphatic rings. The Bertz CT molecular complexity index is 1160. The summed E-state index contributed by atoms with van der Waals surface area (Å²) in [5.74, 6) is 2.71. The van der Waals surface area contributed by atoms with Gasteiger partial charge in [-0.05, 0) is 45.0 Å². The number of para-hydroxylation sites is 1. The second kappa shape index (κ2) is 7.15. The summed E-state index contributed by atoms with van der Waals surface area (Å²) in [6, 6.07) is 12.2. The van der Waals surface area contributed by atoms with Crippen LogP contribution in [-0.4, -0.2) is 36.3 Å². The van der Waals surface area contributed by atoms with Gasteiger partial charge in [0.15, 0.2) is 16.5 Å². The zero-order valence-electron chi connectivity index (χ0n) is 17.5. The summed E-state index contributed by atoms with van der Waals surface area (Å²) >= 11 is 1.67. The monoisotopic (exact) mass is 411 g/mol. The highest BCUT2D eigenvalue weighted by atomic mass is 32.1. The van der Waals surface area contributed by atoms with Crippen LogP contribution in [0, 0.1) is 0 Å². The molecule has 29 heavy (non-hydrogen) atoms. The van der Waals surface area contributed by atoms with Crippen LogP contribution >= 0.6 is 11.3 Å². The van der Waals surface area contributed by atoms with Crippen LogP contribution in [0.4, 0.5) is 5.82 Å². The average molecular weight is 412 g/mol. The molecule has 1 N–H and O–H groups in total. The summed E-state index contributed by atoms with van der Waals surface area (Å²) in [6.45, 7) is 6.42. The Morgan fingerprint density at radius 2 is 1.62 bits per heavy atom. The number of benzene rings is 2. The number of thiazole rings is 1. The number of nitrogens with one attached hydrogen (secondary N) is 1. The summed E-state index contributed by atoms with van der Waals surface area (Å²) in [5.41, 5.74) is 2.72. The fourth-order valence-corrected chi connectivity index (χ4v) is 4.43. The number of hydrogen-bond acceptors (Lipinski definition) is 6. The standard InChI is InChI=1S/C22H25N3O3S/c1-22(2,3)24-20-18(13-11-15(26-4)19(28-6)16(12-13)27-5)23-21-25(20)14-9-7-8-10-17(14)29-21/h7-12,24H,1-6H3. The van der Waals surface area contributed by atoms with Gasteiger partial charge in [0, 0.05) is 11.1 Å². The molecule has 0 unspecified atom stereocenters. The number of nitrogens with zero attached hydrogens (tertiary/aromatic N) is 2. The van der Waals surface area contributed by atoms with Gasteiger partial charge in [-0.1, -0.05) is 23.5 Å². The lowest BCUT2D eigenvalue weighted by molar-refractivity contribution is 0.324. The van der Waals surface area contributed by atoms with E-state index in [2.05, 4.69) is 54.8 Å². The second-order valence-electron chi connectivity index (χ2n) is 7.79. The van der Waals surface area contributed by atoms with E-state index in [-0.39, 0.29) is 5.54 Å². The molecule has 0 aliphatic heterocycles. The molecule has 0 bridgehead atoms. The number of ether oxygens (including phenoxy) is 3. The highest BCUT2D eigenvalue weighted by Crippen LogP contribution is 2.44. The second-order valence-corrected chi connectivity index (χ2v) is 8.79. The van der Waals surface area contributed by atoms with Gasteiger partial charge >= 0.3 is 0 Å². The molecule has 0 spiro atoms. The molecule has 0 aliphatic carbocycles. The van der Waals surface area contributed by atoms with Crippen LogP contribution in [0.3, 0.4) is 0 Å². The van der Waals surface area contributed by atoms with E-state index in [0.29, 0.717) is 17.2 Å². The van der Waals surface area contributed by atoms with Gasteiger partial charge in [0.1, 0.15) is 11.5 Å². The van der Waals surface area contributed by atoms with Gasteiger partial charge < -0.3 is 19.5 Å². The minimum atomic E-state index is -0.144. The van der Waals surface area contributed by atoms with E-state index in [1.165, 1.54) is 4.70 Å². The van der Waals surface area contributed by atoms with E-state index in [1.54, 1.807) is 32.7 Å². The summed E-state index contributed by atoms with van der Waals surface area (Å²) in [6.07, 6.45) is 0. The molecule has 0 atom stereocenters. The SMILES string of the molecule is COc1cc(-c2nc3sc4ccccc4n3c2NC(C)(C)C)cc(OC)c1OC. The number of methoxy groups -OCH3 is 3. The molecular formula is C22H25N3O3S. The third kappa shape index (κ3) is 3.35. The zero-order valence-corrected chi connectivity index (χ0v) is 18.3. The molecule has 2 aromatic heterocycles. The van der Waals surface area contributed by atoms with E-state index in [0.717, 1.165) is 27.6 Å². The first-order valence-corrected chi connectivity index (χ1v) is 10.2. The lowest BCUT2D eigenvalue weighted by atomic mass is 10.1. The molecule has 2 aromatic carbocycles. The van der Waals surface area contributed by atoms with E-state index in [9.17, 15) is 0 Å². The summed E-state index contributed by atoms with van der Waals surface area (Å²) in [5, 5.41) is 3.65. The van der Waals surface area contributed by atoms with E-state index >= 15 is 0 Å². The number of fused-ring (bicyclic) bond motifs is 3. The van der Waals surface area contributed by atoms with Crippen LogP contribution in [0.2, 0.25) is 0 Å². The van der Waals surface area contributed by atoms with Gasteiger partial charge in [0.25, 0.3) is 0 Å². The quantitative estimate of drug-likeness (QED) is 0.473. The zero-order chi connectivity index (χ0) is 20.8. The van der Waals surface area contributed by atoms with Gasteiger partial charge in [-0.3, -0.25) is 4.40 Å². The third-order valence-corrected chi connectivity index (χ3v) is 5.61. The lowest BCUT2D eigenvalue weighted by Gasteiger charge is -2.23. The Kier molecular flexibility index (Phi) is 4.78. The van der Waals surface area contributed by atoms with Crippen molar-refractivity contribution in [1.82, 2.24) is 9.38 Å². The number of anilines is 1. The summed E-state index contributed by atoms with van der Waals surface area (Å²) in [4.78, 5) is 5.91. The Hall–Kier alpha value is -2.93. The molecule has 4 aromatic rings. The number of rotatable bonds is 5. The van der Waals surface area contributed by atoms with Crippen molar-refractivity contribution in [1.29, 1.82) is 0 Å². The Balaban J connectivity index is 2.02. The summed E-state index contributed by atoms with van der Waals surface area (Å²) < 4.78 is 20.0. The van der Waals surface area contributed by atoms with Gasteiger partial charge in [-0.15, -0.1) is 0 Å². The molecule has 0 amide bonds. The topological polar surface area (TPSA) is 57.0 Å². The molecule has 4 rings (SSSR count). The number of hydrogen-bond donors (Lipinski definition) is 1. The smallest absolute Gasteiger partial charge is 0.203 e. The molecule has 2 heterocycles. The highest BCUT2D eigenvalue weighted by Gasteiger charge is 2.24. The lowest BCUT2D eigenvalue weighted by Crippen LogP contribution is -2.27. The number of imidazole rings is 1. The first kappa shape index (κ1) is 19.4. The largest absolute Gasteiger partial charge is 0.493 e. The van der Waals surface area contributed by atoms with Gasteiger partial charge in [-0.25, -0.2) is 4.98 Å². The predicted octanol–water partition coefficient (Wildman–Crippen LogP) is 5.45. The normalized spacial score (nSPS) is 11.8. The van der Waals surface area contributed by atoms with Gasteiger partial charge in [0.2, 0.25) is 5.75 Å². The van der Waals surface area contributed by atoms with Crippen molar-refractivity contribution in [3.8, 4) is 28.5 Å². The van der Waals surface area contributed by atoms with Gasteiger partial charge in [-0.2, -0.15) is 0 Å². The van der Waals surface area contributed by atoms with Crippen LogP contribution in [0.15, 0.2) is 36.4 Å². The Morgan fingerprint density at radius 1 is 0.966 bits per heavy atom. The minimum absolute atomic E-state index is 0.144. The van der Waals surface area contributed by atoms with Crippen molar-refractivity contribution in [2.45, 2.75) is 26.3 Å². The Morgan fingerprint density at radius 3 is 2.21 bits per heavy atom. The van der Waals surface area contributed by atoms with E-state index in [1.807, 2.05) is 12.1 Å². The predicted molar refractivity (Wildman–Crippen MR) is 119 cm³/mol. The van der Waals surface area contributed by atoms with Crippen LogP contribution in [0.25, 0.3) is 26.4 Å². The highest BCUT2D eigenvalue weighted by molar-refractivity contribution is 7.23. The maximum atomic E-state index is 5.55. The van der Waals surface area contributed by atoms with Crippen LogP contribution in [0.5, 0.6) is 17.2 Å². The molecule has 152 valence electrons. The number of aromatic nitrogens is 2. The van der Waals surface area contributed by atoms with Crippen molar-refractivity contribution >= 4 is 32.3 Å². The Labute approximate surface area is 174 Å². The van der Waals surface area contributed by atoms with Crippen LogP contribution in [0.1, 0.15) is 20.8 Å². The molecule has 7 heteroatoms. The molecule has 6 nitrogen and oxygen atoms in total. The molecule has 0 saturated heterocycles. The van der Waals surface area contributed by atoms with Crippen molar-refractivity contribution in [3.05, 3.63) is 36.4 Å². The van der Waals surface area contributed by atoms with Crippen molar-refractivity contribution in [2.24, 2.45) is 0 Å². The van der Waals surface area contributed by atoms with Crippen molar-refractivity contribution in [2.75, 3.05) is 26.6 Å². The molecule has 0 fully saturated rings. The first-order valence-electron chi connectivity index (χ1n) is 9.35.